The maximum atomic E-state index is 13.6. The van der Waals surface area contributed by atoms with Crippen molar-refractivity contribution < 1.29 is 33.3 Å². The number of methoxy groups -OCH3 is 4. The van der Waals surface area contributed by atoms with Crippen molar-refractivity contribution in [2.75, 3.05) is 45.2 Å². The number of hydrogen-bond acceptors (Lipinski definition) is 7. The van der Waals surface area contributed by atoms with Gasteiger partial charge in [0.25, 0.3) is 0 Å². The third-order valence-corrected chi connectivity index (χ3v) is 6.70. The van der Waals surface area contributed by atoms with E-state index in [2.05, 4.69) is 5.32 Å². The first-order valence-electron chi connectivity index (χ1n) is 10.9. The van der Waals surface area contributed by atoms with Crippen LogP contribution in [-0.2, 0) is 14.3 Å². The van der Waals surface area contributed by atoms with E-state index in [0.29, 0.717) is 40.9 Å². The summed E-state index contributed by atoms with van der Waals surface area (Å²) in [7, 11) is 6.10. The molecule has 3 heterocycles. The molecule has 1 N–H and O–H groups in total. The van der Waals surface area contributed by atoms with Crippen LogP contribution < -0.4 is 29.2 Å². The van der Waals surface area contributed by atoms with Gasteiger partial charge in [-0.3, -0.25) is 9.59 Å². The van der Waals surface area contributed by atoms with Crippen molar-refractivity contribution in [3.05, 3.63) is 48.6 Å². The topological polar surface area (TPSA) is 95.6 Å². The zero-order valence-corrected chi connectivity index (χ0v) is 19.4. The van der Waals surface area contributed by atoms with Gasteiger partial charge in [0.2, 0.25) is 17.6 Å². The number of rotatable bonds is 7. The van der Waals surface area contributed by atoms with Crippen molar-refractivity contribution in [2.45, 2.75) is 11.7 Å². The fourth-order valence-corrected chi connectivity index (χ4v) is 5.17. The second kappa shape index (κ2) is 8.25. The zero-order chi connectivity index (χ0) is 24.0. The van der Waals surface area contributed by atoms with Crippen LogP contribution in [0.2, 0.25) is 0 Å². The molecule has 178 valence electrons. The molecule has 2 aromatic rings. The number of amides is 2. The lowest BCUT2D eigenvalue weighted by Gasteiger charge is -2.24. The molecule has 3 aliphatic heterocycles. The highest BCUT2D eigenvalue weighted by molar-refractivity contribution is 6.05. The van der Waals surface area contributed by atoms with E-state index in [-0.39, 0.29) is 11.8 Å². The van der Waals surface area contributed by atoms with Crippen LogP contribution in [0, 0.1) is 11.8 Å². The summed E-state index contributed by atoms with van der Waals surface area (Å²) < 4.78 is 27.6. The summed E-state index contributed by atoms with van der Waals surface area (Å²) in [6.45, 7) is 0.338. The van der Waals surface area contributed by atoms with Gasteiger partial charge in [0.05, 0.1) is 52.9 Å². The van der Waals surface area contributed by atoms with E-state index in [1.54, 1.807) is 30.2 Å². The number of fused-ring (bicyclic) bond motifs is 1. The third kappa shape index (κ3) is 3.27. The van der Waals surface area contributed by atoms with Gasteiger partial charge in [-0.2, -0.15) is 0 Å². The molecule has 5 rings (SSSR count). The smallest absolute Gasteiger partial charge is 0.234 e. The van der Waals surface area contributed by atoms with E-state index < -0.39 is 23.5 Å². The monoisotopic (exact) mass is 466 g/mol. The normalized spacial score (nSPS) is 26.4. The third-order valence-electron chi connectivity index (χ3n) is 6.70. The number of nitrogens with zero attached hydrogens (tertiary/aromatic N) is 1. The molecule has 2 amide bonds. The molecule has 0 aromatic heterocycles. The molecule has 0 saturated carbocycles. The Bertz CT molecular complexity index is 1150. The van der Waals surface area contributed by atoms with Crippen LogP contribution >= 0.6 is 0 Å². The fraction of sp³-hybridized carbons (Fsp3) is 0.360. The molecule has 0 radical (unpaired) electrons. The van der Waals surface area contributed by atoms with Gasteiger partial charge in [-0.15, -0.1) is 0 Å². The van der Waals surface area contributed by atoms with E-state index in [9.17, 15) is 9.59 Å². The number of hydrogen-bond donors (Lipinski definition) is 1. The lowest BCUT2D eigenvalue weighted by molar-refractivity contribution is -0.128. The Morgan fingerprint density at radius 1 is 1.06 bits per heavy atom. The number of ether oxygens (including phenoxy) is 5. The van der Waals surface area contributed by atoms with Gasteiger partial charge in [0.15, 0.2) is 11.5 Å². The Balaban J connectivity index is 1.43. The summed E-state index contributed by atoms with van der Waals surface area (Å²) in [5.41, 5.74) is 0.343. The van der Waals surface area contributed by atoms with Crippen LogP contribution in [0.15, 0.2) is 48.6 Å². The Kier molecular flexibility index (Phi) is 5.36. The first-order chi connectivity index (χ1) is 16.4. The lowest BCUT2D eigenvalue weighted by Crippen LogP contribution is -2.41. The quantitative estimate of drug-likeness (QED) is 0.627. The van der Waals surface area contributed by atoms with Crippen LogP contribution in [0.25, 0.3) is 0 Å². The number of nitrogens with one attached hydrogen (secondary N) is 1. The Morgan fingerprint density at radius 2 is 1.79 bits per heavy atom. The highest BCUT2D eigenvalue weighted by atomic mass is 16.5. The Morgan fingerprint density at radius 3 is 2.44 bits per heavy atom. The zero-order valence-electron chi connectivity index (χ0n) is 19.4. The predicted molar refractivity (Wildman–Crippen MR) is 124 cm³/mol. The Labute approximate surface area is 197 Å². The largest absolute Gasteiger partial charge is 0.497 e. The number of carbonyl (C=O) groups excluding carboxylic acids is 2. The van der Waals surface area contributed by atoms with Gasteiger partial charge >= 0.3 is 0 Å². The van der Waals surface area contributed by atoms with Gasteiger partial charge in [0.1, 0.15) is 11.4 Å². The summed E-state index contributed by atoms with van der Waals surface area (Å²) in [5, 5.41) is 2.91. The van der Waals surface area contributed by atoms with Crippen LogP contribution in [0.1, 0.15) is 0 Å². The lowest BCUT2D eigenvalue weighted by atomic mass is 9.77. The van der Waals surface area contributed by atoms with E-state index in [0.717, 1.165) is 0 Å². The average Bonchev–Trinajstić information content (AvgIpc) is 3.51. The molecule has 4 unspecified atom stereocenters. The first kappa shape index (κ1) is 22.1. The summed E-state index contributed by atoms with van der Waals surface area (Å²) in [5.74, 6) is 0.146. The molecule has 2 bridgehead atoms. The molecule has 34 heavy (non-hydrogen) atoms. The van der Waals surface area contributed by atoms with Crippen molar-refractivity contribution in [3.63, 3.8) is 0 Å². The van der Waals surface area contributed by atoms with Crippen LogP contribution in [-0.4, -0.2) is 58.5 Å². The summed E-state index contributed by atoms with van der Waals surface area (Å²) in [6.07, 6.45) is 3.32. The minimum absolute atomic E-state index is 0.148. The van der Waals surface area contributed by atoms with Crippen LogP contribution in [0.5, 0.6) is 23.0 Å². The minimum atomic E-state index is -0.831. The SMILES string of the molecule is COc1cccc(N2CC34C=CC(O3)C(C(=O)Nc3cc(OC)c(OC)c(OC)c3)C4C2=O)c1. The molecular weight excluding hydrogens is 440 g/mol. The second-order valence-electron chi connectivity index (χ2n) is 8.43. The molecule has 2 aromatic carbocycles. The molecule has 3 aliphatic rings. The van der Waals surface area contributed by atoms with E-state index in [1.807, 2.05) is 30.4 Å². The molecule has 2 fully saturated rings. The van der Waals surface area contributed by atoms with Gasteiger partial charge < -0.3 is 33.9 Å². The minimum Gasteiger partial charge on any atom is -0.497 e. The van der Waals surface area contributed by atoms with E-state index >= 15 is 0 Å². The molecule has 1 spiro atoms. The van der Waals surface area contributed by atoms with E-state index in [1.165, 1.54) is 21.3 Å². The van der Waals surface area contributed by atoms with Crippen molar-refractivity contribution in [3.8, 4) is 23.0 Å². The standard InChI is InChI=1S/C25H26N2O7/c1-30-16-7-5-6-15(12-16)27-13-25-9-8-17(34-25)20(21(25)24(27)29)23(28)26-14-10-18(31-2)22(33-4)19(11-14)32-3/h5-12,17,20-21H,13H2,1-4H3,(H,26,28). The van der Waals surface area contributed by atoms with Crippen molar-refractivity contribution >= 4 is 23.2 Å². The molecular formula is C25H26N2O7. The number of benzene rings is 2. The van der Waals surface area contributed by atoms with Crippen LogP contribution in [0.3, 0.4) is 0 Å². The molecule has 4 atom stereocenters. The molecule has 9 heteroatoms. The Hall–Kier alpha value is -3.72. The number of anilines is 2. The highest BCUT2D eigenvalue weighted by Crippen LogP contribution is 2.53. The van der Waals surface area contributed by atoms with Gasteiger partial charge in [-0.25, -0.2) is 0 Å². The van der Waals surface area contributed by atoms with Gasteiger partial charge in [-0.1, -0.05) is 18.2 Å². The van der Waals surface area contributed by atoms with Gasteiger partial charge in [-0.05, 0) is 12.1 Å². The maximum absolute atomic E-state index is 13.6. The first-order valence-corrected chi connectivity index (χ1v) is 10.9. The molecule has 9 nitrogen and oxygen atoms in total. The highest BCUT2D eigenvalue weighted by Gasteiger charge is 2.67. The number of carbonyl (C=O) groups is 2. The molecule has 0 aliphatic carbocycles. The summed E-state index contributed by atoms with van der Waals surface area (Å²) in [4.78, 5) is 28.7. The molecule has 2 saturated heterocycles. The maximum Gasteiger partial charge on any atom is 0.234 e. The van der Waals surface area contributed by atoms with Crippen molar-refractivity contribution in [1.29, 1.82) is 0 Å². The van der Waals surface area contributed by atoms with Crippen LogP contribution in [0.4, 0.5) is 11.4 Å². The fourth-order valence-electron chi connectivity index (χ4n) is 5.17. The van der Waals surface area contributed by atoms with E-state index in [4.69, 9.17) is 23.7 Å². The average molecular weight is 466 g/mol. The van der Waals surface area contributed by atoms with Crippen molar-refractivity contribution in [2.24, 2.45) is 11.8 Å². The van der Waals surface area contributed by atoms with Crippen molar-refractivity contribution in [1.82, 2.24) is 0 Å². The summed E-state index contributed by atoms with van der Waals surface area (Å²) in [6, 6.07) is 10.6. The predicted octanol–water partition coefficient (Wildman–Crippen LogP) is 2.65. The van der Waals surface area contributed by atoms with Gasteiger partial charge in [0, 0.05) is 29.6 Å². The summed E-state index contributed by atoms with van der Waals surface area (Å²) >= 11 is 0. The second-order valence-corrected chi connectivity index (χ2v) is 8.43.